The summed E-state index contributed by atoms with van der Waals surface area (Å²) in [6.45, 7) is 1.46. The quantitative estimate of drug-likeness (QED) is 0.574. The summed E-state index contributed by atoms with van der Waals surface area (Å²) in [5.41, 5.74) is 0.0866. The van der Waals surface area contributed by atoms with Gasteiger partial charge in [-0.2, -0.15) is 0 Å². The Labute approximate surface area is 161 Å². The first-order valence-electron chi connectivity index (χ1n) is 8.55. The van der Waals surface area contributed by atoms with E-state index in [2.05, 4.69) is 10.3 Å². The second-order valence-corrected chi connectivity index (χ2v) is 5.96. The fourth-order valence-corrected chi connectivity index (χ4v) is 2.54. The molecule has 0 bridgehead atoms. The average Bonchev–Trinajstić information content (AvgIpc) is 2.94. The molecule has 0 radical (unpaired) electrons. The molecule has 1 fully saturated rings. The molecule has 1 aliphatic rings. The van der Waals surface area contributed by atoms with Crippen molar-refractivity contribution in [3.8, 4) is 17.2 Å². The van der Waals surface area contributed by atoms with Crippen molar-refractivity contribution in [1.82, 2.24) is 15.2 Å². The predicted octanol–water partition coefficient (Wildman–Crippen LogP) is 1.98. The highest BCUT2D eigenvalue weighted by molar-refractivity contribution is 6.03. The predicted molar refractivity (Wildman–Crippen MR) is 97.3 cm³/mol. The van der Waals surface area contributed by atoms with Gasteiger partial charge < -0.3 is 19.5 Å². The molecule has 1 atom stereocenters. The third-order valence-electron chi connectivity index (χ3n) is 3.99. The fraction of sp³-hybridized carbons (Fsp3) is 0.263. The highest BCUT2D eigenvalue weighted by Crippen LogP contribution is 2.24. The monoisotopic (exact) mass is 385 g/mol. The lowest BCUT2D eigenvalue weighted by atomic mass is 10.3. The minimum absolute atomic E-state index is 0.0161. The molecular formula is C19H19N3O6. The number of carbonyl (C=O) groups is 3. The molecule has 0 saturated carbocycles. The van der Waals surface area contributed by atoms with Gasteiger partial charge >= 0.3 is 12.0 Å². The number of nitrogens with zero attached hydrogens (tertiary/aromatic N) is 2. The van der Waals surface area contributed by atoms with Crippen molar-refractivity contribution in [2.45, 2.75) is 13.0 Å². The number of methoxy groups -OCH3 is 1. The summed E-state index contributed by atoms with van der Waals surface area (Å²) in [5, 5.41) is 2.48. The Bertz CT molecular complexity index is 883. The highest BCUT2D eigenvalue weighted by Gasteiger charge is 2.34. The van der Waals surface area contributed by atoms with Crippen LogP contribution in [0.3, 0.4) is 0 Å². The number of ether oxygens (including phenoxy) is 3. The molecule has 9 heteroatoms. The first-order chi connectivity index (χ1) is 13.5. The third-order valence-corrected chi connectivity index (χ3v) is 3.99. The summed E-state index contributed by atoms with van der Waals surface area (Å²) in [6, 6.07) is 9.06. The summed E-state index contributed by atoms with van der Waals surface area (Å²) in [4.78, 5) is 40.4. The highest BCUT2D eigenvalue weighted by atomic mass is 16.5. The van der Waals surface area contributed by atoms with E-state index < -0.39 is 18.0 Å². The van der Waals surface area contributed by atoms with Crippen LogP contribution in [0.2, 0.25) is 0 Å². The molecule has 0 spiro atoms. The molecule has 2 aromatic rings. The van der Waals surface area contributed by atoms with E-state index in [9.17, 15) is 14.4 Å². The Hall–Kier alpha value is -3.62. The number of hydrogen-bond donors (Lipinski definition) is 1. The smallest absolute Gasteiger partial charge is 0.356 e. The molecule has 9 nitrogen and oxygen atoms in total. The molecule has 3 rings (SSSR count). The zero-order valence-corrected chi connectivity index (χ0v) is 15.4. The zero-order valence-electron chi connectivity index (χ0n) is 15.4. The fourth-order valence-electron chi connectivity index (χ4n) is 2.54. The van der Waals surface area contributed by atoms with Crippen LogP contribution in [-0.4, -0.2) is 54.1 Å². The lowest BCUT2D eigenvalue weighted by molar-refractivity contribution is -0.127. The van der Waals surface area contributed by atoms with Crippen molar-refractivity contribution in [2.24, 2.45) is 0 Å². The molecule has 3 amide bonds. The van der Waals surface area contributed by atoms with Gasteiger partial charge in [-0.1, -0.05) is 6.07 Å². The first-order valence-corrected chi connectivity index (χ1v) is 8.55. The molecule has 28 heavy (non-hydrogen) atoms. The Morgan fingerprint density at radius 2 is 1.96 bits per heavy atom. The van der Waals surface area contributed by atoms with Crippen LogP contribution in [-0.2, 0) is 9.53 Å². The lowest BCUT2D eigenvalue weighted by Crippen LogP contribution is -2.34. The van der Waals surface area contributed by atoms with Gasteiger partial charge in [0, 0.05) is 6.07 Å². The molecule has 1 aromatic heterocycles. The number of hydrogen-bond acceptors (Lipinski definition) is 7. The number of amides is 3. The van der Waals surface area contributed by atoms with Crippen molar-refractivity contribution in [2.75, 3.05) is 20.3 Å². The number of benzene rings is 1. The maximum absolute atomic E-state index is 12.1. The van der Waals surface area contributed by atoms with Crippen LogP contribution in [0, 0.1) is 0 Å². The topological polar surface area (TPSA) is 107 Å². The number of carbonyl (C=O) groups excluding carboxylic acids is 3. The van der Waals surface area contributed by atoms with E-state index in [0.717, 1.165) is 4.90 Å². The summed E-state index contributed by atoms with van der Waals surface area (Å²) < 4.78 is 15.9. The summed E-state index contributed by atoms with van der Waals surface area (Å²) >= 11 is 0. The molecule has 1 aromatic carbocycles. The first kappa shape index (κ1) is 19.2. The third kappa shape index (κ3) is 4.37. The van der Waals surface area contributed by atoms with Crippen LogP contribution in [0.4, 0.5) is 4.79 Å². The van der Waals surface area contributed by atoms with Crippen LogP contribution in [0.15, 0.2) is 42.6 Å². The Balaban J connectivity index is 1.52. The molecule has 1 aliphatic heterocycles. The molecule has 0 aliphatic carbocycles. The van der Waals surface area contributed by atoms with E-state index in [1.807, 2.05) is 0 Å². The van der Waals surface area contributed by atoms with E-state index in [-0.39, 0.29) is 24.8 Å². The summed E-state index contributed by atoms with van der Waals surface area (Å²) in [5.74, 6) is 0.661. The normalized spacial score (nSPS) is 15.9. The van der Waals surface area contributed by atoms with Gasteiger partial charge in [0.25, 0.3) is 5.91 Å². The van der Waals surface area contributed by atoms with Gasteiger partial charge in [-0.05, 0) is 31.2 Å². The second-order valence-electron chi connectivity index (χ2n) is 5.96. The van der Waals surface area contributed by atoms with Crippen LogP contribution in [0.1, 0.15) is 17.4 Å². The molecule has 1 N–H and O–H groups in total. The number of urea groups is 1. The average molecular weight is 385 g/mol. The van der Waals surface area contributed by atoms with Crippen LogP contribution in [0.25, 0.3) is 0 Å². The van der Waals surface area contributed by atoms with Crippen molar-refractivity contribution in [1.29, 1.82) is 0 Å². The number of nitrogens with one attached hydrogen (secondary N) is 1. The number of aromatic nitrogens is 1. The van der Waals surface area contributed by atoms with Crippen molar-refractivity contribution in [3.05, 3.63) is 48.3 Å². The van der Waals surface area contributed by atoms with E-state index in [4.69, 9.17) is 14.2 Å². The van der Waals surface area contributed by atoms with Crippen molar-refractivity contribution < 1.29 is 28.6 Å². The number of esters is 1. The molecule has 2 heterocycles. The zero-order chi connectivity index (χ0) is 20.1. The van der Waals surface area contributed by atoms with Gasteiger partial charge in [0.1, 0.15) is 35.6 Å². The van der Waals surface area contributed by atoms with Crippen LogP contribution in [0.5, 0.6) is 17.2 Å². The van der Waals surface area contributed by atoms with Crippen molar-refractivity contribution in [3.63, 3.8) is 0 Å². The van der Waals surface area contributed by atoms with E-state index in [1.54, 1.807) is 44.4 Å². The van der Waals surface area contributed by atoms with Gasteiger partial charge in [0.05, 0.1) is 19.9 Å². The molecule has 1 unspecified atom stereocenters. The van der Waals surface area contributed by atoms with E-state index in [0.29, 0.717) is 17.2 Å². The van der Waals surface area contributed by atoms with Crippen LogP contribution >= 0.6 is 0 Å². The molecular weight excluding hydrogens is 366 g/mol. The second kappa shape index (κ2) is 8.38. The molecule has 1 saturated heterocycles. The van der Waals surface area contributed by atoms with E-state index in [1.165, 1.54) is 12.3 Å². The van der Waals surface area contributed by atoms with E-state index >= 15 is 0 Å². The van der Waals surface area contributed by atoms with Gasteiger partial charge in [0.2, 0.25) is 0 Å². The number of rotatable bonds is 7. The minimum atomic E-state index is -0.659. The summed E-state index contributed by atoms with van der Waals surface area (Å²) in [7, 11) is 1.56. The van der Waals surface area contributed by atoms with Gasteiger partial charge in [-0.3, -0.25) is 9.69 Å². The molecule has 146 valence electrons. The Morgan fingerprint density at radius 1 is 1.18 bits per heavy atom. The van der Waals surface area contributed by atoms with Crippen LogP contribution < -0.4 is 14.8 Å². The SMILES string of the molecule is COc1cccc(Oc2ccc(C(=O)OCCN3C(=O)NC(C)C3=O)nc2)c1. The standard InChI is InChI=1S/C19H19N3O6/c1-12-17(23)22(19(25)21-12)8-9-27-18(24)16-7-6-15(11-20-16)28-14-5-3-4-13(10-14)26-2/h3-7,10-12H,8-9H2,1-2H3,(H,21,25). The number of pyridine rings is 1. The maximum atomic E-state index is 12.1. The lowest BCUT2D eigenvalue weighted by Gasteiger charge is -2.12. The minimum Gasteiger partial charge on any atom is -0.497 e. The summed E-state index contributed by atoms with van der Waals surface area (Å²) in [6.07, 6.45) is 1.40. The van der Waals surface area contributed by atoms with Gasteiger partial charge in [-0.15, -0.1) is 0 Å². The van der Waals surface area contributed by atoms with Gasteiger partial charge in [-0.25, -0.2) is 14.6 Å². The maximum Gasteiger partial charge on any atom is 0.356 e. The number of imide groups is 1. The largest absolute Gasteiger partial charge is 0.497 e. The Kier molecular flexibility index (Phi) is 5.73. The Morgan fingerprint density at radius 3 is 2.61 bits per heavy atom. The van der Waals surface area contributed by atoms with Gasteiger partial charge in [0.15, 0.2) is 0 Å². The van der Waals surface area contributed by atoms with Crippen molar-refractivity contribution >= 4 is 17.9 Å².